The van der Waals surface area contributed by atoms with Crippen LogP contribution in [-0.2, 0) is 4.74 Å². The van der Waals surface area contributed by atoms with Crippen LogP contribution in [0.4, 0.5) is 0 Å². The molecule has 1 aliphatic heterocycles. The van der Waals surface area contributed by atoms with Crippen molar-refractivity contribution in [1.29, 1.82) is 0 Å². The molecular formula is C16H19NO. The standard InChI is InChI=1S/C16H19NO/c1-11-6-9-15(18-11)16(17)14-8-7-12-4-2-3-5-13(12)10-14/h2-5,7-8,10-11,15-16H,6,9,17H2,1H3. The Balaban J connectivity index is 1.89. The van der Waals surface area contributed by atoms with Crippen molar-refractivity contribution >= 4 is 10.8 Å². The summed E-state index contributed by atoms with van der Waals surface area (Å²) in [5.74, 6) is 0. The molecule has 0 aromatic heterocycles. The van der Waals surface area contributed by atoms with Gasteiger partial charge in [0.15, 0.2) is 0 Å². The molecule has 2 heteroatoms. The lowest BCUT2D eigenvalue weighted by molar-refractivity contribution is 0.0401. The summed E-state index contributed by atoms with van der Waals surface area (Å²) < 4.78 is 5.86. The molecule has 18 heavy (non-hydrogen) atoms. The van der Waals surface area contributed by atoms with Crippen LogP contribution >= 0.6 is 0 Å². The van der Waals surface area contributed by atoms with Gasteiger partial charge in [-0.3, -0.25) is 0 Å². The zero-order valence-electron chi connectivity index (χ0n) is 10.7. The molecule has 3 rings (SSSR count). The van der Waals surface area contributed by atoms with Gasteiger partial charge in [0.25, 0.3) is 0 Å². The van der Waals surface area contributed by atoms with E-state index >= 15 is 0 Å². The molecule has 2 aromatic carbocycles. The highest BCUT2D eigenvalue weighted by Crippen LogP contribution is 2.29. The summed E-state index contributed by atoms with van der Waals surface area (Å²) in [4.78, 5) is 0. The van der Waals surface area contributed by atoms with E-state index in [1.807, 2.05) is 0 Å². The fourth-order valence-electron chi connectivity index (χ4n) is 2.73. The number of hydrogen-bond acceptors (Lipinski definition) is 2. The van der Waals surface area contributed by atoms with Crippen LogP contribution in [0.5, 0.6) is 0 Å². The van der Waals surface area contributed by atoms with Gasteiger partial charge in [0.2, 0.25) is 0 Å². The first kappa shape index (κ1) is 11.7. The summed E-state index contributed by atoms with van der Waals surface area (Å²) in [7, 11) is 0. The quantitative estimate of drug-likeness (QED) is 0.874. The molecule has 2 nitrogen and oxygen atoms in total. The van der Waals surface area contributed by atoms with E-state index in [0.717, 1.165) is 12.8 Å². The van der Waals surface area contributed by atoms with Gasteiger partial charge < -0.3 is 10.5 Å². The topological polar surface area (TPSA) is 35.2 Å². The Kier molecular flexibility index (Phi) is 3.06. The smallest absolute Gasteiger partial charge is 0.0772 e. The highest BCUT2D eigenvalue weighted by Gasteiger charge is 2.28. The summed E-state index contributed by atoms with van der Waals surface area (Å²) >= 11 is 0. The average Bonchev–Trinajstić information content (AvgIpc) is 2.84. The van der Waals surface area contributed by atoms with E-state index in [1.54, 1.807) is 0 Å². The molecule has 2 N–H and O–H groups in total. The van der Waals surface area contributed by atoms with E-state index < -0.39 is 0 Å². The third-order valence-corrected chi connectivity index (χ3v) is 3.82. The van der Waals surface area contributed by atoms with Crippen molar-refractivity contribution in [3.8, 4) is 0 Å². The molecule has 3 atom stereocenters. The molecule has 0 radical (unpaired) electrons. The largest absolute Gasteiger partial charge is 0.373 e. The summed E-state index contributed by atoms with van der Waals surface area (Å²) in [5.41, 5.74) is 7.50. The minimum Gasteiger partial charge on any atom is -0.373 e. The summed E-state index contributed by atoms with van der Waals surface area (Å²) in [6.45, 7) is 2.12. The molecule has 0 saturated carbocycles. The normalized spacial score (nSPS) is 25.4. The molecule has 0 amide bonds. The van der Waals surface area contributed by atoms with E-state index in [0.29, 0.717) is 6.10 Å². The second kappa shape index (κ2) is 4.71. The Morgan fingerprint density at radius 2 is 1.89 bits per heavy atom. The lowest BCUT2D eigenvalue weighted by atomic mass is 9.97. The zero-order chi connectivity index (χ0) is 12.5. The zero-order valence-corrected chi connectivity index (χ0v) is 10.7. The van der Waals surface area contributed by atoms with Crippen molar-refractivity contribution in [3.63, 3.8) is 0 Å². The van der Waals surface area contributed by atoms with Gasteiger partial charge in [-0.25, -0.2) is 0 Å². The van der Waals surface area contributed by atoms with Crippen LogP contribution in [0.1, 0.15) is 31.4 Å². The van der Waals surface area contributed by atoms with Gasteiger partial charge in [0.1, 0.15) is 0 Å². The number of fused-ring (bicyclic) bond motifs is 1. The second-order valence-electron chi connectivity index (χ2n) is 5.19. The maximum Gasteiger partial charge on any atom is 0.0772 e. The second-order valence-corrected chi connectivity index (χ2v) is 5.19. The maximum absolute atomic E-state index is 6.33. The van der Waals surface area contributed by atoms with Crippen molar-refractivity contribution in [1.82, 2.24) is 0 Å². The number of rotatable bonds is 2. The fraction of sp³-hybridized carbons (Fsp3) is 0.375. The number of benzene rings is 2. The van der Waals surface area contributed by atoms with E-state index in [1.165, 1.54) is 16.3 Å². The first-order chi connectivity index (χ1) is 8.74. The van der Waals surface area contributed by atoms with Crippen LogP contribution in [0, 0.1) is 0 Å². The van der Waals surface area contributed by atoms with Gasteiger partial charge in [-0.2, -0.15) is 0 Å². The maximum atomic E-state index is 6.33. The minimum absolute atomic E-state index is 0.0143. The van der Waals surface area contributed by atoms with Crippen molar-refractivity contribution in [2.75, 3.05) is 0 Å². The van der Waals surface area contributed by atoms with Crippen LogP contribution in [0.2, 0.25) is 0 Å². The average molecular weight is 241 g/mol. The lowest BCUT2D eigenvalue weighted by Gasteiger charge is -2.20. The van der Waals surface area contributed by atoms with Crippen molar-refractivity contribution in [2.45, 2.75) is 38.0 Å². The van der Waals surface area contributed by atoms with Gasteiger partial charge >= 0.3 is 0 Å². The molecular weight excluding hydrogens is 222 g/mol. The highest BCUT2D eigenvalue weighted by atomic mass is 16.5. The number of nitrogens with two attached hydrogens (primary N) is 1. The molecule has 94 valence electrons. The van der Waals surface area contributed by atoms with Crippen LogP contribution in [-0.4, -0.2) is 12.2 Å². The lowest BCUT2D eigenvalue weighted by Crippen LogP contribution is -2.26. The van der Waals surface area contributed by atoms with E-state index in [9.17, 15) is 0 Å². The molecule has 0 aliphatic carbocycles. The molecule has 1 heterocycles. The molecule has 1 aliphatic rings. The molecule has 2 aromatic rings. The Bertz CT molecular complexity index is 552. The van der Waals surface area contributed by atoms with E-state index in [4.69, 9.17) is 10.5 Å². The predicted molar refractivity (Wildman–Crippen MR) is 74.4 cm³/mol. The summed E-state index contributed by atoms with van der Waals surface area (Å²) in [6, 6.07) is 14.8. The molecule has 1 saturated heterocycles. The van der Waals surface area contributed by atoms with Gasteiger partial charge in [-0.05, 0) is 42.2 Å². The first-order valence-corrected chi connectivity index (χ1v) is 6.64. The van der Waals surface area contributed by atoms with E-state index in [2.05, 4.69) is 49.4 Å². The predicted octanol–water partition coefficient (Wildman–Crippen LogP) is 3.41. The van der Waals surface area contributed by atoms with Gasteiger partial charge in [0, 0.05) is 0 Å². The highest BCUT2D eigenvalue weighted by molar-refractivity contribution is 5.83. The number of ether oxygens (including phenoxy) is 1. The monoisotopic (exact) mass is 241 g/mol. The van der Waals surface area contributed by atoms with Crippen molar-refractivity contribution in [2.24, 2.45) is 5.73 Å². The molecule has 1 fully saturated rings. The minimum atomic E-state index is -0.0143. The molecule has 0 spiro atoms. The van der Waals surface area contributed by atoms with Crippen LogP contribution in [0.3, 0.4) is 0 Å². The first-order valence-electron chi connectivity index (χ1n) is 6.64. The van der Waals surface area contributed by atoms with Gasteiger partial charge in [0.05, 0.1) is 18.2 Å². The van der Waals surface area contributed by atoms with Crippen molar-refractivity contribution < 1.29 is 4.74 Å². The molecule has 0 bridgehead atoms. The third-order valence-electron chi connectivity index (χ3n) is 3.82. The Morgan fingerprint density at radius 1 is 1.11 bits per heavy atom. The fourth-order valence-corrected chi connectivity index (χ4v) is 2.73. The Labute approximate surface area is 108 Å². The van der Waals surface area contributed by atoms with Crippen LogP contribution in [0.15, 0.2) is 42.5 Å². The summed E-state index contributed by atoms with van der Waals surface area (Å²) in [6.07, 6.45) is 2.70. The van der Waals surface area contributed by atoms with Crippen molar-refractivity contribution in [3.05, 3.63) is 48.0 Å². The number of hydrogen-bond donors (Lipinski definition) is 1. The van der Waals surface area contributed by atoms with E-state index in [-0.39, 0.29) is 12.1 Å². The van der Waals surface area contributed by atoms with Crippen LogP contribution < -0.4 is 5.73 Å². The summed E-state index contributed by atoms with van der Waals surface area (Å²) in [5, 5.41) is 2.51. The Morgan fingerprint density at radius 3 is 2.61 bits per heavy atom. The van der Waals surface area contributed by atoms with Crippen LogP contribution in [0.25, 0.3) is 10.8 Å². The van der Waals surface area contributed by atoms with Gasteiger partial charge in [-0.15, -0.1) is 0 Å². The SMILES string of the molecule is CC1CCC(C(N)c2ccc3ccccc3c2)O1. The molecule has 3 unspecified atom stereocenters. The third kappa shape index (κ3) is 2.14. The van der Waals surface area contributed by atoms with Gasteiger partial charge in [-0.1, -0.05) is 36.4 Å². The Hall–Kier alpha value is -1.38.